The number of fused-ring (bicyclic) bond motifs is 1. The highest BCUT2D eigenvalue weighted by atomic mass is 35.5. The quantitative estimate of drug-likeness (QED) is 0.815. The number of imidazole rings is 1. The van der Waals surface area contributed by atoms with Gasteiger partial charge in [-0.05, 0) is 39.8 Å². The Labute approximate surface area is 130 Å². The molecule has 0 N–H and O–H groups in total. The van der Waals surface area contributed by atoms with Crippen molar-refractivity contribution in [2.45, 2.75) is 51.6 Å². The summed E-state index contributed by atoms with van der Waals surface area (Å²) in [5.41, 5.74) is 3.05. The maximum Gasteiger partial charge on any atom is 0.158 e. The van der Waals surface area contributed by atoms with Crippen LogP contribution in [0.15, 0.2) is 0 Å². The zero-order valence-corrected chi connectivity index (χ0v) is 13.9. The zero-order valence-electron chi connectivity index (χ0n) is 13.1. The first-order chi connectivity index (χ1) is 10.1. The van der Waals surface area contributed by atoms with E-state index in [0.717, 1.165) is 29.2 Å². The highest BCUT2D eigenvalue weighted by Gasteiger charge is 2.22. The Morgan fingerprint density at radius 3 is 2.62 bits per heavy atom. The van der Waals surface area contributed by atoms with Gasteiger partial charge in [0.15, 0.2) is 5.65 Å². The lowest BCUT2D eigenvalue weighted by molar-refractivity contribution is 0.160. The second-order valence-corrected chi connectivity index (χ2v) is 6.37. The molecule has 1 aliphatic rings. The molecule has 2 aromatic rings. The van der Waals surface area contributed by atoms with E-state index < -0.39 is 0 Å². The van der Waals surface area contributed by atoms with Crippen LogP contribution in [0.1, 0.15) is 37.7 Å². The zero-order chi connectivity index (χ0) is 15.0. The molecule has 0 radical (unpaired) electrons. The molecule has 0 saturated carbocycles. The van der Waals surface area contributed by atoms with Gasteiger partial charge < -0.3 is 4.57 Å². The molecule has 1 unspecified atom stereocenters. The Hall–Kier alpha value is -1.07. The van der Waals surface area contributed by atoms with Crippen LogP contribution in [0.2, 0.25) is 0 Å². The average Bonchev–Trinajstić information content (AvgIpc) is 2.99. The van der Waals surface area contributed by atoms with Crippen LogP contribution in [0.3, 0.4) is 0 Å². The molecule has 1 fully saturated rings. The first-order valence-electron chi connectivity index (χ1n) is 7.80. The topological polar surface area (TPSA) is 38.9 Å². The van der Waals surface area contributed by atoms with Crippen LogP contribution >= 0.6 is 11.6 Å². The highest BCUT2D eigenvalue weighted by molar-refractivity contribution is 6.16. The fourth-order valence-corrected chi connectivity index (χ4v) is 3.62. The normalized spacial score (nSPS) is 18.5. The molecule has 2 aromatic heterocycles. The minimum atomic E-state index is 0.445. The molecule has 3 rings (SSSR count). The van der Waals surface area contributed by atoms with Gasteiger partial charge in [-0.2, -0.15) is 5.10 Å². The summed E-state index contributed by atoms with van der Waals surface area (Å²) >= 11 is 6.11. The molecule has 1 aliphatic heterocycles. The summed E-state index contributed by atoms with van der Waals surface area (Å²) < 4.78 is 4.18. The van der Waals surface area contributed by atoms with Crippen molar-refractivity contribution in [3.63, 3.8) is 0 Å². The van der Waals surface area contributed by atoms with E-state index in [4.69, 9.17) is 11.6 Å². The van der Waals surface area contributed by atoms with E-state index in [-0.39, 0.29) is 0 Å². The molecule has 116 valence electrons. The van der Waals surface area contributed by atoms with Crippen LogP contribution in [0, 0.1) is 6.92 Å². The molecular weight excluding hydrogens is 286 g/mol. The van der Waals surface area contributed by atoms with E-state index in [1.54, 1.807) is 0 Å². The third kappa shape index (κ3) is 2.69. The van der Waals surface area contributed by atoms with E-state index in [1.165, 1.54) is 32.4 Å². The van der Waals surface area contributed by atoms with Crippen molar-refractivity contribution in [1.29, 1.82) is 0 Å². The standard InChI is InChI=1S/C15H24ClN5/c1-11(20-7-5-4-6-8-20)10-21-13(9-16)17-14-12(2)18-19(3)15(14)21/h11H,4-10H2,1-3H3. The van der Waals surface area contributed by atoms with Crippen LogP contribution in [0.4, 0.5) is 0 Å². The number of halogens is 1. The predicted molar refractivity (Wildman–Crippen MR) is 85.7 cm³/mol. The number of piperidine rings is 1. The van der Waals surface area contributed by atoms with Gasteiger partial charge in [-0.3, -0.25) is 9.58 Å². The van der Waals surface area contributed by atoms with Crippen molar-refractivity contribution >= 4 is 22.8 Å². The van der Waals surface area contributed by atoms with Gasteiger partial charge in [0, 0.05) is 19.6 Å². The van der Waals surface area contributed by atoms with Gasteiger partial charge in [-0.25, -0.2) is 4.98 Å². The number of likely N-dealkylation sites (tertiary alicyclic amines) is 1. The predicted octanol–water partition coefficient (Wildman–Crippen LogP) is 2.69. The lowest BCUT2D eigenvalue weighted by Crippen LogP contribution is -2.40. The van der Waals surface area contributed by atoms with Gasteiger partial charge in [0.05, 0.1) is 11.6 Å². The van der Waals surface area contributed by atoms with Crippen LogP contribution in [-0.2, 0) is 19.5 Å². The summed E-state index contributed by atoms with van der Waals surface area (Å²) in [6.07, 6.45) is 4.00. The van der Waals surface area contributed by atoms with Crippen molar-refractivity contribution in [2.75, 3.05) is 13.1 Å². The number of rotatable bonds is 4. The van der Waals surface area contributed by atoms with Crippen LogP contribution in [-0.4, -0.2) is 43.4 Å². The highest BCUT2D eigenvalue weighted by Crippen LogP contribution is 2.22. The number of aryl methyl sites for hydroxylation is 2. The van der Waals surface area contributed by atoms with Crippen molar-refractivity contribution in [3.8, 4) is 0 Å². The van der Waals surface area contributed by atoms with E-state index in [9.17, 15) is 0 Å². The van der Waals surface area contributed by atoms with Crippen molar-refractivity contribution in [2.24, 2.45) is 7.05 Å². The lowest BCUT2D eigenvalue weighted by Gasteiger charge is -2.32. The van der Waals surface area contributed by atoms with Gasteiger partial charge in [0.1, 0.15) is 11.3 Å². The summed E-state index contributed by atoms with van der Waals surface area (Å²) in [4.78, 5) is 7.26. The van der Waals surface area contributed by atoms with Crippen LogP contribution < -0.4 is 0 Å². The number of nitrogens with zero attached hydrogens (tertiary/aromatic N) is 5. The maximum absolute atomic E-state index is 6.11. The van der Waals surface area contributed by atoms with Crippen molar-refractivity contribution in [3.05, 3.63) is 11.5 Å². The number of aromatic nitrogens is 4. The van der Waals surface area contributed by atoms with E-state index in [2.05, 4.69) is 26.5 Å². The van der Waals surface area contributed by atoms with Gasteiger partial charge in [-0.1, -0.05) is 6.42 Å². The lowest BCUT2D eigenvalue weighted by atomic mass is 10.1. The molecule has 0 amide bonds. The second kappa shape index (κ2) is 5.97. The minimum absolute atomic E-state index is 0.445. The van der Waals surface area contributed by atoms with E-state index in [1.807, 2.05) is 18.7 Å². The average molecular weight is 310 g/mol. The monoisotopic (exact) mass is 309 g/mol. The molecule has 0 aliphatic carbocycles. The molecular formula is C15H24ClN5. The summed E-state index contributed by atoms with van der Waals surface area (Å²) in [7, 11) is 1.98. The molecule has 6 heteroatoms. The molecule has 3 heterocycles. The molecule has 1 saturated heterocycles. The van der Waals surface area contributed by atoms with E-state index in [0.29, 0.717) is 11.9 Å². The second-order valence-electron chi connectivity index (χ2n) is 6.10. The first-order valence-corrected chi connectivity index (χ1v) is 8.34. The smallest absolute Gasteiger partial charge is 0.158 e. The molecule has 5 nitrogen and oxygen atoms in total. The third-order valence-electron chi connectivity index (χ3n) is 4.55. The van der Waals surface area contributed by atoms with Gasteiger partial charge in [0.25, 0.3) is 0 Å². The first kappa shape index (κ1) is 14.9. The Bertz CT molecular complexity index is 624. The van der Waals surface area contributed by atoms with Crippen molar-refractivity contribution in [1.82, 2.24) is 24.2 Å². The Morgan fingerprint density at radius 2 is 1.95 bits per heavy atom. The number of alkyl halides is 1. The third-order valence-corrected chi connectivity index (χ3v) is 4.79. The fraction of sp³-hybridized carbons (Fsp3) is 0.733. The number of hydrogen-bond acceptors (Lipinski definition) is 3. The van der Waals surface area contributed by atoms with Crippen LogP contribution in [0.25, 0.3) is 11.2 Å². The largest absolute Gasteiger partial charge is 0.310 e. The van der Waals surface area contributed by atoms with Gasteiger partial charge >= 0.3 is 0 Å². The summed E-state index contributed by atoms with van der Waals surface area (Å²) in [6, 6.07) is 0.500. The van der Waals surface area contributed by atoms with E-state index >= 15 is 0 Å². The fourth-order valence-electron chi connectivity index (χ4n) is 3.41. The molecule has 0 spiro atoms. The summed E-state index contributed by atoms with van der Waals surface area (Å²) in [6.45, 7) is 7.65. The van der Waals surface area contributed by atoms with Crippen molar-refractivity contribution < 1.29 is 0 Å². The van der Waals surface area contributed by atoms with Crippen LogP contribution in [0.5, 0.6) is 0 Å². The SMILES string of the molecule is Cc1nn(C)c2c1nc(CCl)n2CC(C)N1CCCCC1. The molecule has 1 atom stereocenters. The molecule has 0 aromatic carbocycles. The van der Waals surface area contributed by atoms with Gasteiger partial charge in [0.2, 0.25) is 0 Å². The van der Waals surface area contributed by atoms with Gasteiger partial charge in [-0.15, -0.1) is 11.6 Å². The Balaban J connectivity index is 1.91. The maximum atomic E-state index is 6.11. The summed E-state index contributed by atoms with van der Waals surface area (Å²) in [5, 5.41) is 4.48. The Kier molecular flexibility index (Phi) is 4.22. The number of hydrogen-bond donors (Lipinski definition) is 0. The molecule has 21 heavy (non-hydrogen) atoms. The Morgan fingerprint density at radius 1 is 1.24 bits per heavy atom. The minimum Gasteiger partial charge on any atom is -0.310 e. The molecule has 0 bridgehead atoms. The summed E-state index contributed by atoms with van der Waals surface area (Å²) in [5.74, 6) is 1.40.